The molecule has 4 heteroatoms. The average Bonchev–Trinajstić information content (AvgIpc) is 2.23. The van der Waals surface area contributed by atoms with Gasteiger partial charge in [-0.15, -0.1) is 0 Å². The molecule has 14 heavy (non-hydrogen) atoms. The molecule has 1 aliphatic heterocycles. The summed E-state index contributed by atoms with van der Waals surface area (Å²) in [6.07, 6.45) is 5.50. The van der Waals surface area contributed by atoms with Gasteiger partial charge in [0.05, 0.1) is 5.69 Å². The fourth-order valence-electron chi connectivity index (χ4n) is 1.84. The Balaban J connectivity index is 2.18. The van der Waals surface area contributed by atoms with E-state index < -0.39 is 0 Å². The largest absolute Gasteiger partial charge is 0.396 e. The van der Waals surface area contributed by atoms with E-state index in [0.29, 0.717) is 17.5 Å². The molecule has 1 aliphatic rings. The molecular formula is C10H16N4. The summed E-state index contributed by atoms with van der Waals surface area (Å²) in [7, 11) is 0. The molecule has 1 aromatic heterocycles. The predicted octanol–water partition coefficient (Wildman–Crippen LogP) is 1.06. The van der Waals surface area contributed by atoms with Gasteiger partial charge in [-0.25, -0.2) is 4.98 Å². The number of nitrogens with two attached hydrogens (primary N) is 2. The summed E-state index contributed by atoms with van der Waals surface area (Å²) < 4.78 is 0. The van der Waals surface area contributed by atoms with E-state index in [1.54, 1.807) is 0 Å². The standard InChI is InChI=1S/C10H16N4/c11-8-5-7(6-14-10(8)12)9-3-1-2-4-13-9/h5-6,9,13H,1-4,11H2,(H2,12,14). The number of nitrogen functional groups attached to an aromatic ring is 2. The van der Waals surface area contributed by atoms with Gasteiger partial charge < -0.3 is 16.8 Å². The highest BCUT2D eigenvalue weighted by Crippen LogP contribution is 2.24. The fourth-order valence-corrected chi connectivity index (χ4v) is 1.84. The highest BCUT2D eigenvalue weighted by molar-refractivity contribution is 5.58. The van der Waals surface area contributed by atoms with Gasteiger partial charge in [-0.1, -0.05) is 6.42 Å². The number of pyridine rings is 1. The first-order chi connectivity index (χ1) is 6.77. The van der Waals surface area contributed by atoms with Gasteiger partial charge in [0.1, 0.15) is 5.82 Å². The lowest BCUT2D eigenvalue weighted by Gasteiger charge is -2.23. The lowest BCUT2D eigenvalue weighted by Crippen LogP contribution is -2.27. The average molecular weight is 192 g/mol. The second-order valence-electron chi connectivity index (χ2n) is 3.75. The molecule has 4 nitrogen and oxygen atoms in total. The number of nitrogens with zero attached hydrogens (tertiary/aromatic N) is 1. The zero-order valence-electron chi connectivity index (χ0n) is 8.16. The monoisotopic (exact) mass is 192 g/mol. The Morgan fingerprint density at radius 1 is 1.36 bits per heavy atom. The van der Waals surface area contributed by atoms with Crippen molar-refractivity contribution in [3.63, 3.8) is 0 Å². The Hall–Kier alpha value is -1.29. The Morgan fingerprint density at radius 3 is 2.86 bits per heavy atom. The van der Waals surface area contributed by atoms with Crippen LogP contribution >= 0.6 is 0 Å². The van der Waals surface area contributed by atoms with Crippen LogP contribution in [0.3, 0.4) is 0 Å². The minimum Gasteiger partial charge on any atom is -0.396 e. The SMILES string of the molecule is Nc1cc(C2CCCCN2)cnc1N. The number of piperidine rings is 1. The Kier molecular flexibility index (Phi) is 2.54. The van der Waals surface area contributed by atoms with Crippen molar-refractivity contribution in [2.24, 2.45) is 0 Å². The first-order valence-corrected chi connectivity index (χ1v) is 5.01. The van der Waals surface area contributed by atoms with Crippen LogP contribution in [0.25, 0.3) is 0 Å². The van der Waals surface area contributed by atoms with Crippen molar-refractivity contribution in [2.75, 3.05) is 18.0 Å². The summed E-state index contributed by atoms with van der Waals surface area (Å²) in [5.41, 5.74) is 13.0. The molecule has 1 saturated heterocycles. The van der Waals surface area contributed by atoms with Gasteiger partial charge in [-0.3, -0.25) is 0 Å². The normalized spacial score (nSPS) is 22.1. The number of aromatic nitrogens is 1. The maximum Gasteiger partial charge on any atom is 0.146 e. The van der Waals surface area contributed by atoms with E-state index in [-0.39, 0.29) is 0 Å². The van der Waals surface area contributed by atoms with Crippen LogP contribution in [0.2, 0.25) is 0 Å². The van der Waals surface area contributed by atoms with Crippen LogP contribution in [-0.2, 0) is 0 Å². The van der Waals surface area contributed by atoms with Gasteiger partial charge in [0.15, 0.2) is 0 Å². The fraction of sp³-hybridized carbons (Fsp3) is 0.500. The molecular weight excluding hydrogens is 176 g/mol. The Labute approximate surface area is 83.7 Å². The van der Waals surface area contributed by atoms with Crippen LogP contribution in [0, 0.1) is 0 Å². The molecule has 1 aromatic rings. The molecule has 0 bridgehead atoms. The molecule has 0 aliphatic carbocycles. The van der Waals surface area contributed by atoms with Crippen LogP contribution in [0.1, 0.15) is 30.9 Å². The van der Waals surface area contributed by atoms with Crippen molar-refractivity contribution in [1.29, 1.82) is 0 Å². The van der Waals surface area contributed by atoms with Gasteiger partial charge in [-0.2, -0.15) is 0 Å². The van der Waals surface area contributed by atoms with Crippen LogP contribution < -0.4 is 16.8 Å². The topological polar surface area (TPSA) is 77.0 Å². The molecule has 1 atom stereocenters. The number of hydrogen-bond acceptors (Lipinski definition) is 4. The van der Waals surface area contributed by atoms with Crippen molar-refractivity contribution in [1.82, 2.24) is 10.3 Å². The van der Waals surface area contributed by atoms with Gasteiger partial charge in [-0.05, 0) is 31.0 Å². The van der Waals surface area contributed by atoms with Crippen molar-refractivity contribution < 1.29 is 0 Å². The minimum absolute atomic E-state index is 0.402. The maximum absolute atomic E-state index is 5.71. The highest BCUT2D eigenvalue weighted by atomic mass is 14.9. The van der Waals surface area contributed by atoms with Crippen LogP contribution in [0.4, 0.5) is 11.5 Å². The third-order valence-corrected chi connectivity index (χ3v) is 2.68. The molecule has 2 heterocycles. The van der Waals surface area contributed by atoms with E-state index in [2.05, 4.69) is 10.3 Å². The van der Waals surface area contributed by atoms with E-state index >= 15 is 0 Å². The summed E-state index contributed by atoms with van der Waals surface area (Å²) in [5.74, 6) is 0.421. The van der Waals surface area contributed by atoms with Crippen molar-refractivity contribution >= 4 is 11.5 Å². The second kappa shape index (κ2) is 3.84. The molecule has 1 fully saturated rings. The molecule has 5 N–H and O–H groups in total. The molecule has 0 aromatic carbocycles. The summed E-state index contributed by atoms with van der Waals surface area (Å²) in [6, 6.07) is 2.32. The molecule has 1 unspecified atom stereocenters. The summed E-state index contributed by atoms with van der Waals surface area (Å²) >= 11 is 0. The molecule has 2 rings (SSSR count). The molecule has 0 saturated carbocycles. The van der Waals surface area contributed by atoms with Gasteiger partial charge in [0.2, 0.25) is 0 Å². The van der Waals surface area contributed by atoms with E-state index in [9.17, 15) is 0 Å². The van der Waals surface area contributed by atoms with E-state index in [4.69, 9.17) is 11.5 Å². The Bertz CT molecular complexity index is 318. The lowest BCUT2D eigenvalue weighted by atomic mass is 9.99. The second-order valence-corrected chi connectivity index (χ2v) is 3.75. The lowest BCUT2D eigenvalue weighted by molar-refractivity contribution is 0.412. The van der Waals surface area contributed by atoms with E-state index in [0.717, 1.165) is 18.5 Å². The summed E-state index contributed by atoms with van der Waals surface area (Å²) in [5, 5.41) is 3.45. The third kappa shape index (κ3) is 1.80. The minimum atomic E-state index is 0.402. The number of hydrogen-bond donors (Lipinski definition) is 3. The number of anilines is 2. The predicted molar refractivity (Wildman–Crippen MR) is 57.7 cm³/mol. The Morgan fingerprint density at radius 2 is 2.21 bits per heavy atom. The molecule has 0 amide bonds. The number of rotatable bonds is 1. The van der Waals surface area contributed by atoms with Crippen LogP contribution in [0.5, 0.6) is 0 Å². The third-order valence-electron chi connectivity index (χ3n) is 2.68. The number of nitrogens with one attached hydrogen (secondary N) is 1. The van der Waals surface area contributed by atoms with Crippen molar-refractivity contribution in [3.05, 3.63) is 17.8 Å². The quantitative estimate of drug-likeness (QED) is 0.621. The highest BCUT2D eigenvalue weighted by Gasteiger charge is 2.15. The van der Waals surface area contributed by atoms with Gasteiger partial charge in [0, 0.05) is 12.2 Å². The molecule has 76 valence electrons. The first-order valence-electron chi connectivity index (χ1n) is 5.01. The maximum atomic E-state index is 5.71. The van der Waals surface area contributed by atoms with Gasteiger partial charge >= 0.3 is 0 Å². The zero-order chi connectivity index (χ0) is 9.97. The van der Waals surface area contributed by atoms with Gasteiger partial charge in [0.25, 0.3) is 0 Å². The zero-order valence-corrected chi connectivity index (χ0v) is 8.16. The molecule has 0 spiro atoms. The van der Waals surface area contributed by atoms with Crippen LogP contribution in [0.15, 0.2) is 12.3 Å². The van der Waals surface area contributed by atoms with Crippen LogP contribution in [-0.4, -0.2) is 11.5 Å². The summed E-state index contributed by atoms with van der Waals surface area (Å²) in [6.45, 7) is 1.08. The van der Waals surface area contributed by atoms with Crippen molar-refractivity contribution in [2.45, 2.75) is 25.3 Å². The van der Waals surface area contributed by atoms with E-state index in [1.807, 2.05) is 12.3 Å². The molecule has 0 radical (unpaired) electrons. The first kappa shape index (κ1) is 9.27. The summed E-state index contributed by atoms with van der Waals surface area (Å²) in [4.78, 5) is 4.07. The smallest absolute Gasteiger partial charge is 0.146 e. The van der Waals surface area contributed by atoms with Crippen molar-refractivity contribution in [3.8, 4) is 0 Å². The van der Waals surface area contributed by atoms with E-state index in [1.165, 1.54) is 12.8 Å².